The first-order chi connectivity index (χ1) is 16.8. The summed E-state index contributed by atoms with van der Waals surface area (Å²) in [5.41, 5.74) is 6.83. The lowest BCUT2D eigenvalue weighted by Crippen LogP contribution is -2.25. The van der Waals surface area contributed by atoms with Crippen LogP contribution < -0.4 is 5.73 Å². The summed E-state index contributed by atoms with van der Waals surface area (Å²) in [6, 6.07) is 8.61. The highest BCUT2D eigenvalue weighted by Gasteiger charge is 2.40. The quantitative estimate of drug-likeness (QED) is 0.245. The lowest BCUT2D eigenvalue weighted by Gasteiger charge is -2.20. The van der Waals surface area contributed by atoms with E-state index < -0.39 is 32.0 Å². The van der Waals surface area contributed by atoms with Gasteiger partial charge in [0.15, 0.2) is 23.1 Å². The maximum atomic E-state index is 12.8. The average Bonchev–Trinajstić information content (AvgIpc) is 3.42. The number of esters is 1. The summed E-state index contributed by atoms with van der Waals surface area (Å²) in [4.78, 5) is 25.2. The van der Waals surface area contributed by atoms with Gasteiger partial charge in [-0.3, -0.25) is 9.13 Å². The van der Waals surface area contributed by atoms with Crippen molar-refractivity contribution in [3.63, 3.8) is 0 Å². The van der Waals surface area contributed by atoms with Crippen molar-refractivity contribution in [3.05, 3.63) is 59.3 Å². The van der Waals surface area contributed by atoms with E-state index in [0.717, 1.165) is 0 Å². The molecule has 35 heavy (non-hydrogen) atoms. The van der Waals surface area contributed by atoms with Crippen molar-refractivity contribution in [3.8, 4) is 0 Å². The molecular formula is C22H25ClN5O6P. The number of carbonyl (C=O) groups is 1. The maximum absolute atomic E-state index is 12.8. The summed E-state index contributed by atoms with van der Waals surface area (Å²) in [6.07, 6.45) is 1.21. The molecule has 1 aliphatic rings. The van der Waals surface area contributed by atoms with E-state index in [-0.39, 0.29) is 30.7 Å². The van der Waals surface area contributed by atoms with Gasteiger partial charge in [-0.15, -0.1) is 0 Å². The van der Waals surface area contributed by atoms with Crippen LogP contribution in [0.5, 0.6) is 0 Å². The summed E-state index contributed by atoms with van der Waals surface area (Å²) in [7, 11) is -3.44. The molecule has 3 atom stereocenters. The van der Waals surface area contributed by atoms with Gasteiger partial charge in [-0.2, -0.15) is 9.97 Å². The second-order valence-corrected chi connectivity index (χ2v) is 9.78. The van der Waals surface area contributed by atoms with Gasteiger partial charge >= 0.3 is 13.6 Å². The summed E-state index contributed by atoms with van der Waals surface area (Å²) < 4.78 is 37.0. The molecule has 3 aromatic rings. The summed E-state index contributed by atoms with van der Waals surface area (Å²) in [5.74, 6) is 0.817. The number of nitrogens with zero attached hydrogens (tertiary/aromatic N) is 4. The molecule has 2 N–H and O–H groups in total. The zero-order valence-electron chi connectivity index (χ0n) is 19.1. The normalized spacial score (nSPS) is 20.6. The van der Waals surface area contributed by atoms with E-state index in [1.54, 1.807) is 54.8 Å². The minimum Gasteiger partial charge on any atom is -0.454 e. The van der Waals surface area contributed by atoms with Crippen molar-refractivity contribution in [1.29, 1.82) is 0 Å². The van der Waals surface area contributed by atoms with Gasteiger partial charge < -0.3 is 24.3 Å². The Labute approximate surface area is 206 Å². The molecule has 1 aromatic carbocycles. The fraction of sp³-hybridized carbons (Fsp3) is 0.364. The molecule has 186 valence electrons. The number of hydrogen-bond acceptors (Lipinski definition) is 10. The largest absolute Gasteiger partial charge is 0.454 e. The van der Waals surface area contributed by atoms with Crippen LogP contribution in [0.2, 0.25) is 5.15 Å². The highest BCUT2D eigenvalue weighted by Crippen LogP contribution is 2.50. The highest BCUT2D eigenvalue weighted by molar-refractivity contribution is 7.57. The lowest BCUT2D eigenvalue weighted by atomic mass is 10.2. The van der Waals surface area contributed by atoms with Crippen LogP contribution in [-0.4, -0.2) is 50.9 Å². The molecule has 1 fully saturated rings. The van der Waals surface area contributed by atoms with E-state index in [1.807, 2.05) is 0 Å². The number of anilines is 1. The van der Waals surface area contributed by atoms with E-state index in [4.69, 9.17) is 35.9 Å². The predicted molar refractivity (Wildman–Crippen MR) is 129 cm³/mol. The summed E-state index contributed by atoms with van der Waals surface area (Å²) >= 11 is 6.17. The molecule has 0 bridgehead atoms. The van der Waals surface area contributed by atoms with Crippen molar-refractivity contribution in [2.45, 2.75) is 38.7 Å². The number of halogens is 1. The SMILES string of the molecule is CCOP(=O)(C=CC1CC(OC(=O)c2ccccc2)C(n2cnc3c(Cl)nc(N)nc32)O1)OCC. The maximum Gasteiger partial charge on any atom is 0.353 e. The van der Waals surface area contributed by atoms with Crippen LogP contribution in [0.4, 0.5) is 5.95 Å². The number of benzene rings is 1. The molecule has 2 aromatic heterocycles. The number of aromatic nitrogens is 4. The standard InChI is InChI=1S/C22H25ClN5O6P/c1-3-31-35(30,32-4-2)11-10-15-12-16(34-21(29)14-8-6-5-7-9-14)20(33-15)28-13-25-17-18(23)26-22(24)27-19(17)28/h5-11,13,15-16,20H,3-4,12H2,1-2H3,(H2,24,26,27). The molecule has 1 saturated heterocycles. The number of ether oxygens (including phenoxy) is 2. The smallest absolute Gasteiger partial charge is 0.353 e. The van der Waals surface area contributed by atoms with Crippen molar-refractivity contribution < 1.29 is 27.9 Å². The molecule has 3 heterocycles. The van der Waals surface area contributed by atoms with Crippen LogP contribution in [0.15, 0.2) is 48.6 Å². The Morgan fingerprint density at radius 1 is 1.26 bits per heavy atom. The van der Waals surface area contributed by atoms with Crippen molar-refractivity contribution in [1.82, 2.24) is 19.5 Å². The third kappa shape index (κ3) is 5.71. The number of nitrogen functional groups attached to an aromatic ring is 1. The minimum absolute atomic E-state index is 0.0362. The molecule has 0 saturated carbocycles. The first-order valence-corrected chi connectivity index (χ1v) is 13.0. The number of fused-ring (bicyclic) bond motifs is 1. The Morgan fingerprint density at radius 3 is 2.66 bits per heavy atom. The van der Waals surface area contributed by atoms with Gasteiger partial charge in [-0.25, -0.2) is 9.78 Å². The molecule has 0 aliphatic carbocycles. The molecule has 3 unspecified atom stereocenters. The molecule has 0 radical (unpaired) electrons. The molecule has 11 nitrogen and oxygen atoms in total. The molecule has 13 heteroatoms. The highest BCUT2D eigenvalue weighted by atomic mass is 35.5. The third-order valence-corrected chi connectivity index (χ3v) is 7.17. The topological polar surface area (TPSA) is 141 Å². The van der Waals surface area contributed by atoms with E-state index >= 15 is 0 Å². The summed E-state index contributed by atoms with van der Waals surface area (Å²) in [6.45, 7) is 3.89. The van der Waals surface area contributed by atoms with Crippen LogP contribution in [0.1, 0.15) is 36.9 Å². The van der Waals surface area contributed by atoms with Crippen molar-refractivity contribution in [2.75, 3.05) is 18.9 Å². The fourth-order valence-corrected chi connectivity index (χ4v) is 5.28. The van der Waals surface area contributed by atoms with E-state index in [9.17, 15) is 9.36 Å². The second-order valence-electron chi connectivity index (χ2n) is 7.52. The number of carbonyl (C=O) groups excluding carboxylic acids is 1. The van der Waals surface area contributed by atoms with Crippen molar-refractivity contribution >= 4 is 42.3 Å². The zero-order valence-corrected chi connectivity index (χ0v) is 20.8. The van der Waals surface area contributed by atoms with Crippen LogP contribution in [0.3, 0.4) is 0 Å². The second kappa shape index (κ2) is 10.8. The Hall–Kier alpha value is -2.82. The molecule has 0 spiro atoms. The van der Waals surface area contributed by atoms with Gasteiger partial charge in [0.05, 0.1) is 31.2 Å². The van der Waals surface area contributed by atoms with Crippen LogP contribution >= 0.6 is 19.2 Å². The molecular weight excluding hydrogens is 497 g/mol. The molecule has 1 aliphatic heterocycles. The van der Waals surface area contributed by atoms with Gasteiger partial charge in [0.1, 0.15) is 5.52 Å². The monoisotopic (exact) mass is 521 g/mol. The average molecular weight is 522 g/mol. The Kier molecular flexibility index (Phi) is 7.83. The minimum atomic E-state index is -3.44. The fourth-order valence-electron chi connectivity index (χ4n) is 3.69. The van der Waals surface area contributed by atoms with Gasteiger partial charge in [0.25, 0.3) is 0 Å². The Balaban J connectivity index is 1.65. The first-order valence-electron chi connectivity index (χ1n) is 11.0. The first kappa shape index (κ1) is 25.3. The lowest BCUT2D eigenvalue weighted by molar-refractivity contribution is -0.0381. The third-order valence-electron chi connectivity index (χ3n) is 5.14. The zero-order chi connectivity index (χ0) is 25.0. The van der Waals surface area contributed by atoms with Crippen LogP contribution in [-0.2, 0) is 23.1 Å². The van der Waals surface area contributed by atoms with Crippen LogP contribution in [0.25, 0.3) is 11.2 Å². The van der Waals surface area contributed by atoms with Crippen molar-refractivity contribution in [2.24, 2.45) is 0 Å². The molecule has 0 amide bonds. The van der Waals surface area contributed by atoms with E-state index in [0.29, 0.717) is 16.7 Å². The number of hydrogen-bond donors (Lipinski definition) is 1. The van der Waals surface area contributed by atoms with Crippen LogP contribution in [0, 0.1) is 0 Å². The number of imidazole rings is 1. The van der Waals surface area contributed by atoms with Gasteiger partial charge in [-0.05, 0) is 32.1 Å². The molecule has 4 rings (SSSR count). The Bertz CT molecular complexity index is 1260. The van der Waals surface area contributed by atoms with Gasteiger partial charge in [0, 0.05) is 12.2 Å². The number of rotatable bonds is 9. The number of nitrogens with two attached hydrogens (primary N) is 1. The van der Waals surface area contributed by atoms with E-state index in [2.05, 4.69) is 15.0 Å². The Morgan fingerprint density at radius 2 is 1.97 bits per heavy atom. The summed E-state index contributed by atoms with van der Waals surface area (Å²) in [5, 5.41) is 0.0906. The predicted octanol–water partition coefficient (Wildman–Crippen LogP) is 4.35. The van der Waals surface area contributed by atoms with E-state index in [1.165, 1.54) is 12.1 Å². The van der Waals surface area contributed by atoms with Gasteiger partial charge in [0.2, 0.25) is 5.95 Å². The van der Waals surface area contributed by atoms with Gasteiger partial charge in [-0.1, -0.05) is 29.8 Å².